The van der Waals surface area contributed by atoms with Crippen molar-refractivity contribution in [2.24, 2.45) is 10.8 Å². The Kier molecular flexibility index (Phi) is 3.62. The first-order chi connectivity index (χ1) is 13.6. The van der Waals surface area contributed by atoms with Gasteiger partial charge in [-0.25, -0.2) is 4.89 Å². The minimum absolute atomic E-state index is 0.163. The molecule has 5 nitrogen and oxygen atoms in total. The van der Waals surface area contributed by atoms with Crippen LogP contribution in [0, 0.1) is 10.8 Å². The van der Waals surface area contributed by atoms with E-state index in [0.717, 1.165) is 22.2 Å². The van der Waals surface area contributed by atoms with Gasteiger partial charge in [0, 0.05) is 34.3 Å². The Morgan fingerprint density at radius 2 is 1.76 bits per heavy atom. The molecule has 1 aromatic heterocycles. The van der Waals surface area contributed by atoms with Crippen molar-refractivity contribution >= 4 is 10.9 Å². The van der Waals surface area contributed by atoms with Crippen LogP contribution in [0.15, 0.2) is 54.7 Å². The lowest BCUT2D eigenvalue weighted by atomic mass is 9.57. The topological polar surface area (TPSA) is 52.8 Å². The molecule has 0 spiro atoms. The second-order valence-electron chi connectivity index (χ2n) is 9.87. The Morgan fingerprint density at radius 3 is 2.45 bits per heavy atom. The highest BCUT2D eigenvalue weighted by Gasteiger charge is 2.81. The van der Waals surface area contributed by atoms with Gasteiger partial charge in [-0.15, -0.1) is 0 Å². The maximum Gasteiger partial charge on any atom is 0.261 e. The number of phenolic OH excluding ortho intramolecular Hbond substituents is 1. The van der Waals surface area contributed by atoms with E-state index in [1.165, 1.54) is 0 Å². The van der Waals surface area contributed by atoms with Crippen LogP contribution in [-0.4, -0.2) is 21.9 Å². The molecule has 2 aromatic carbocycles. The minimum atomic E-state index is -1.06. The molecule has 2 saturated heterocycles. The molecule has 2 unspecified atom stereocenters. The standard InChI is InChI=1S/C24H27NO4/c1-21(2,3)24-22(4,5)15-27-23(24,28-29-24)17-12-18(14-19(26)13-17)25-11-10-16-8-6-7-9-20(16)25/h6-14,26H,15H2,1-5H3. The molecular formula is C24H27NO4. The van der Waals surface area contributed by atoms with Crippen LogP contribution in [0.3, 0.4) is 0 Å². The van der Waals surface area contributed by atoms with Gasteiger partial charge in [-0.05, 0) is 29.7 Å². The number of benzene rings is 2. The zero-order valence-electron chi connectivity index (χ0n) is 17.5. The number of aromatic hydroxyl groups is 1. The highest BCUT2D eigenvalue weighted by Crippen LogP contribution is 2.69. The molecule has 3 heterocycles. The molecule has 0 amide bonds. The smallest absolute Gasteiger partial charge is 0.261 e. The van der Waals surface area contributed by atoms with Crippen LogP contribution in [0.4, 0.5) is 0 Å². The maximum absolute atomic E-state index is 10.6. The molecule has 29 heavy (non-hydrogen) atoms. The fraction of sp³-hybridized carbons (Fsp3) is 0.417. The van der Waals surface area contributed by atoms with Gasteiger partial charge >= 0.3 is 0 Å². The lowest BCUT2D eigenvalue weighted by Crippen LogP contribution is -2.73. The summed E-state index contributed by atoms with van der Waals surface area (Å²) in [6.07, 6.45) is 2.01. The fourth-order valence-corrected chi connectivity index (χ4v) is 5.47. The van der Waals surface area contributed by atoms with Gasteiger partial charge in [0.15, 0.2) is 5.60 Å². The molecular weight excluding hydrogens is 366 g/mol. The Balaban J connectivity index is 1.70. The van der Waals surface area contributed by atoms with E-state index in [4.69, 9.17) is 14.5 Å². The lowest BCUT2D eigenvalue weighted by Gasteiger charge is -2.61. The summed E-state index contributed by atoms with van der Waals surface area (Å²) in [4.78, 5) is 11.7. The van der Waals surface area contributed by atoms with Crippen LogP contribution in [0.5, 0.6) is 5.75 Å². The number of phenols is 1. The second-order valence-corrected chi connectivity index (χ2v) is 9.87. The van der Waals surface area contributed by atoms with E-state index in [9.17, 15) is 5.11 Å². The molecule has 2 atom stereocenters. The van der Waals surface area contributed by atoms with E-state index in [1.807, 2.05) is 24.4 Å². The average Bonchev–Trinajstić information content (AvgIpc) is 3.09. The summed E-state index contributed by atoms with van der Waals surface area (Å²) in [5.41, 5.74) is 1.48. The third-order valence-electron chi connectivity index (χ3n) is 6.55. The molecule has 152 valence electrons. The van der Waals surface area contributed by atoms with Crippen LogP contribution in [0.1, 0.15) is 40.2 Å². The molecule has 1 N–H and O–H groups in total. The molecule has 0 radical (unpaired) electrons. The lowest BCUT2D eigenvalue weighted by molar-refractivity contribution is -0.626. The summed E-state index contributed by atoms with van der Waals surface area (Å²) in [5.74, 6) is -0.901. The first-order valence-electron chi connectivity index (χ1n) is 10.0. The summed E-state index contributed by atoms with van der Waals surface area (Å²) in [6.45, 7) is 11.2. The summed E-state index contributed by atoms with van der Waals surface area (Å²) in [6, 6.07) is 15.7. The number of fused-ring (bicyclic) bond motifs is 2. The van der Waals surface area contributed by atoms with E-state index >= 15 is 0 Å². The van der Waals surface area contributed by atoms with Crippen molar-refractivity contribution in [2.45, 2.75) is 46.0 Å². The van der Waals surface area contributed by atoms with Gasteiger partial charge in [0.05, 0.1) is 12.1 Å². The molecule has 0 aliphatic carbocycles. The zero-order valence-corrected chi connectivity index (χ0v) is 17.5. The quantitative estimate of drug-likeness (QED) is 0.601. The average molecular weight is 393 g/mol. The number of ether oxygens (including phenoxy) is 1. The Morgan fingerprint density at radius 1 is 1.00 bits per heavy atom. The third-order valence-corrected chi connectivity index (χ3v) is 6.55. The first kappa shape index (κ1) is 18.7. The van der Waals surface area contributed by atoms with Crippen molar-refractivity contribution in [2.75, 3.05) is 6.61 Å². The Labute approximate surface area is 170 Å². The molecule has 2 aliphatic heterocycles. The number of nitrogens with zero attached hydrogens (tertiary/aromatic N) is 1. The molecule has 5 rings (SSSR count). The number of rotatable bonds is 2. The van der Waals surface area contributed by atoms with Crippen molar-refractivity contribution in [3.05, 3.63) is 60.3 Å². The highest BCUT2D eigenvalue weighted by molar-refractivity contribution is 5.82. The van der Waals surface area contributed by atoms with Gasteiger partial charge in [-0.2, -0.15) is 4.89 Å². The molecule has 0 saturated carbocycles. The molecule has 3 aromatic rings. The van der Waals surface area contributed by atoms with E-state index < -0.39 is 11.4 Å². The van der Waals surface area contributed by atoms with Gasteiger partial charge in [0.1, 0.15) is 5.75 Å². The maximum atomic E-state index is 10.6. The molecule has 0 bridgehead atoms. The number of hydrogen-bond donors (Lipinski definition) is 1. The monoisotopic (exact) mass is 393 g/mol. The molecule has 5 heteroatoms. The normalized spacial score (nSPS) is 28.3. The number of para-hydroxylation sites is 1. The van der Waals surface area contributed by atoms with Crippen molar-refractivity contribution in [3.63, 3.8) is 0 Å². The largest absolute Gasteiger partial charge is 0.508 e. The van der Waals surface area contributed by atoms with E-state index in [0.29, 0.717) is 6.61 Å². The molecule has 2 fully saturated rings. The number of hydrogen-bond acceptors (Lipinski definition) is 4. The van der Waals surface area contributed by atoms with Crippen molar-refractivity contribution in [1.82, 2.24) is 4.57 Å². The van der Waals surface area contributed by atoms with E-state index in [-0.39, 0.29) is 16.6 Å². The van der Waals surface area contributed by atoms with Crippen molar-refractivity contribution < 1.29 is 19.6 Å². The highest BCUT2D eigenvalue weighted by atomic mass is 17.3. The Bertz CT molecular complexity index is 1110. The van der Waals surface area contributed by atoms with Crippen LogP contribution in [0.25, 0.3) is 16.6 Å². The predicted molar refractivity (Wildman–Crippen MR) is 111 cm³/mol. The van der Waals surface area contributed by atoms with Crippen LogP contribution < -0.4 is 0 Å². The Hall–Kier alpha value is -2.34. The van der Waals surface area contributed by atoms with Gasteiger partial charge in [-0.1, -0.05) is 52.8 Å². The molecule has 2 aliphatic rings. The zero-order chi connectivity index (χ0) is 20.7. The minimum Gasteiger partial charge on any atom is -0.508 e. The van der Waals surface area contributed by atoms with E-state index in [2.05, 4.69) is 57.4 Å². The summed E-state index contributed by atoms with van der Waals surface area (Å²) in [5, 5.41) is 11.7. The van der Waals surface area contributed by atoms with Crippen LogP contribution in [0.2, 0.25) is 0 Å². The summed E-state index contributed by atoms with van der Waals surface area (Å²) in [7, 11) is 0. The van der Waals surface area contributed by atoms with E-state index in [1.54, 1.807) is 12.1 Å². The second kappa shape index (κ2) is 5.63. The van der Waals surface area contributed by atoms with Crippen molar-refractivity contribution in [1.29, 1.82) is 0 Å². The van der Waals surface area contributed by atoms with Gasteiger partial charge in [0.2, 0.25) is 0 Å². The third kappa shape index (κ3) is 2.21. The van der Waals surface area contributed by atoms with Crippen LogP contribution >= 0.6 is 0 Å². The SMILES string of the molecule is CC(C)(C)C12OOC1(c1cc(O)cc(-n3ccc4ccccc43)c1)OCC2(C)C. The van der Waals surface area contributed by atoms with Gasteiger partial charge in [-0.3, -0.25) is 0 Å². The van der Waals surface area contributed by atoms with Crippen molar-refractivity contribution in [3.8, 4) is 11.4 Å². The first-order valence-corrected chi connectivity index (χ1v) is 10.0. The van der Waals surface area contributed by atoms with Gasteiger partial charge in [0.25, 0.3) is 5.79 Å². The van der Waals surface area contributed by atoms with Gasteiger partial charge < -0.3 is 14.4 Å². The van der Waals surface area contributed by atoms with Crippen LogP contribution in [-0.2, 0) is 20.3 Å². The predicted octanol–water partition coefficient (Wildman–Crippen LogP) is 5.29. The summed E-state index contributed by atoms with van der Waals surface area (Å²) >= 11 is 0. The fourth-order valence-electron chi connectivity index (χ4n) is 5.47. The number of aromatic nitrogens is 1. The summed E-state index contributed by atoms with van der Waals surface area (Å²) < 4.78 is 8.38.